The number of nitrogens with one attached hydrogen (secondary N) is 2. The number of nitrogens with two attached hydrogens (primary N) is 1. The lowest BCUT2D eigenvalue weighted by Crippen LogP contribution is -2.55. The van der Waals surface area contributed by atoms with Crippen molar-refractivity contribution in [2.75, 3.05) is 6.54 Å². The second kappa shape index (κ2) is 6.60. The standard InChI is InChI=1S/C17H24N4O3/c1-5-21-15(23)12-7-6-11(8-13(12)19-16(21)24)14(22)20-17(4,9-18)10(2)3/h6-8,10H,5,9,18H2,1-4H3,(H,19,24)(H,20,22). The van der Waals surface area contributed by atoms with E-state index in [9.17, 15) is 14.4 Å². The van der Waals surface area contributed by atoms with Crippen LogP contribution in [0.4, 0.5) is 0 Å². The molecule has 4 N–H and O–H groups in total. The summed E-state index contributed by atoms with van der Waals surface area (Å²) in [5.74, 6) is -0.137. The molecule has 1 aromatic carbocycles. The molecule has 7 nitrogen and oxygen atoms in total. The van der Waals surface area contributed by atoms with Crippen LogP contribution in [0.15, 0.2) is 27.8 Å². The van der Waals surface area contributed by atoms with E-state index in [-0.39, 0.29) is 23.9 Å². The fraction of sp³-hybridized carbons (Fsp3) is 0.471. The number of carbonyl (C=O) groups excluding carboxylic acids is 1. The van der Waals surface area contributed by atoms with Crippen molar-refractivity contribution in [1.82, 2.24) is 14.9 Å². The van der Waals surface area contributed by atoms with E-state index in [1.807, 2.05) is 20.8 Å². The van der Waals surface area contributed by atoms with Gasteiger partial charge in [-0.1, -0.05) is 13.8 Å². The Hall–Kier alpha value is -2.41. The molecule has 0 aliphatic rings. The van der Waals surface area contributed by atoms with Gasteiger partial charge in [-0.25, -0.2) is 4.79 Å². The third-order valence-corrected chi connectivity index (χ3v) is 4.66. The molecular formula is C17H24N4O3. The number of nitrogens with zero attached hydrogens (tertiary/aromatic N) is 1. The Kier molecular flexibility index (Phi) is 4.94. The van der Waals surface area contributed by atoms with Gasteiger partial charge in [0, 0.05) is 18.7 Å². The van der Waals surface area contributed by atoms with Crippen LogP contribution in [0.25, 0.3) is 10.9 Å². The first-order valence-electron chi connectivity index (χ1n) is 8.03. The van der Waals surface area contributed by atoms with Crippen molar-refractivity contribution in [3.05, 3.63) is 44.6 Å². The lowest BCUT2D eigenvalue weighted by atomic mass is 9.88. The first kappa shape index (κ1) is 17.9. The van der Waals surface area contributed by atoms with Gasteiger partial charge >= 0.3 is 5.69 Å². The van der Waals surface area contributed by atoms with Crippen molar-refractivity contribution in [3.63, 3.8) is 0 Å². The van der Waals surface area contributed by atoms with Gasteiger partial charge in [-0.2, -0.15) is 0 Å². The quantitative estimate of drug-likeness (QED) is 0.752. The number of aromatic amines is 1. The average Bonchev–Trinajstić information content (AvgIpc) is 2.54. The molecule has 0 saturated heterocycles. The fourth-order valence-corrected chi connectivity index (χ4v) is 2.45. The molecule has 2 rings (SSSR count). The monoisotopic (exact) mass is 332 g/mol. The Labute approximate surface area is 139 Å². The molecule has 1 unspecified atom stereocenters. The van der Waals surface area contributed by atoms with Crippen LogP contribution in [-0.4, -0.2) is 27.5 Å². The van der Waals surface area contributed by atoms with E-state index in [1.54, 1.807) is 19.1 Å². The molecule has 1 aromatic heterocycles. The number of carbonyl (C=O) groups is 1. The van der Waals surface area contributed by atoms with E-state index >= 15 is 0 Å². The zero-order valence-electron chi connectivity index (χ0n) is 14.5. The fourth-order valence-electron chi connectivity index (χ4n) is 2.45. The van der Waals surface area contributed by atoms with Crippen molar-refractivity contribution < 1.29 is 4.79 Å². The number of benzene rings is 1. The number of amides is 1. The second-order valence-corrected chi connectivity index (χ2v) is 6.47. The van der Waals surface area contributed by atoms with E-state index in [4.69, 9.17) is 5.73 Å². The van der Waals surface area contributed by atoms with Crippen LogP contribution in [0.5, 0.6) is 0 Å². The normalized spacial score (nSPS) is 13.9. The summed E-state index contributed by atoms with van der Waals surface area (Å²) in [4.78, 5) is 39.3. The highest BCUT2D eigenvalue weighted by atomic mass is 16.2. The Morgan fingerprint density at radius 1 is 1.38 bits per heavy atom. The van der Waals surface area contributed by atoms with Crippen molar-refractivity contribution >= 4 is 16.8 Å². The van der Waals surface area contributed by atoms with Crippen LogP contribution in [0.1, 0.15) is 38.1 Å². The van der Waals surface area contributed by atoms with Gasteiger partial charge in [-0.05, 0) is 38.0 Å². The highest BCUT2D eigenvalue weighted by molar-refractivity contribution is 5.98. The van der Waals surface area contributed by atoms with Gasteiger partial charge < -0.3 is 16.0 Å². The number of H-pyrrole nitrogens is 1. The molecule has 0 aliphatic carbocycles. The molecule has 24 heavy (non-hydrogen) atoms. The lowest BCUT2D eigenvalue weighted by Gasteiger charge is -2.33. The van der Waals surface area contributed by atoms with E-state index in [1.165, 1.54) is 6.07 Å². The van der Waals surface area contributed by atoms with E-state index < -0.39 is 11.2 Å². The molecule has 0 bridgehead atoms. The summed E-state index contributed by atoms with van der Waals surface area (Å²) >= 11 is 0. The van der Waals surface area contributed by atoms with Gasteiger partial charge in [0.2, 0.25) is 0 Å². The number of fused-ring (bicyclic) bond motifs is 1. The van der Waals surface area contributed by atoms with E-state index in [0.717, 1.165) is 4.57 Å². The van der Waals surface area contributed by atoms with E-state index in [2.05, 4.69) is 10.3 Å². The summed E-state index contributed by atoms with van der Waals surface area (Å²) in [6.45, 7) is 8.18. The number of aromatic nitrogens is 2. The molecule has 0 radical (unpaired) electrons. The minimum atomic E-state index is -0.537. The van der Waals surface area contributed by atoms with Crippen molar-refractivity contribution in [2.45, 2.75) is 39.8 Å². The maximum atomic E-state index is 12.5. The van der Waals surface area contributed by atoms with Gasteiger partial charge in [-0.15, -0.1) is 0 Å². The summed E-state index contributed by atoms with van der Waals surface area (Å²) in [7, 11) is 0. The van der Waals surface area contributed by atoms with Gasteiger partial charge in [0.05, 0.1) is 16.4 Å². The summed E-state index contributed by atoms with van der Waals surface area (Å²) < 4.78 is 1.12. The van der Waals surface area contributed by atoms with Crippen LogP contribution >= 0.6 is 0 Å². The van der Waals surface area contributed by atoms with E-state index in [0.29, 0.717) is 23.0 Å². The third-order valence-electron chi connectivity index (χ3n) is 4.66. The Balaban J connectivity index is 2.46. The zero-order chi connectivity index (χ0) is 18.1. The molecule has 0 fully saturated rings. The highest BCUT2D eigenvalue weighted by Crippen LogP contribution is 2.17. The summed E-state index contributed by atoms with van der Waals surface area (Å²) in [5, 5.41) is 3.31. The third kappa shape index (κ3) is 3.12. The number of hydrogen-bond donors (Lipinski definition) is 3. The van der Waals surface area contributed by atoms with Crippen LogP contribution in [0.2, 0.25) is 0 Å². The highest BCUT2D eigenvalue weighted by Gasteiger charge is 2.29. The van der Waals surface area contributed by atoms with Crippen LogP contribution < -0.4 is 22.3 Å². The minimum absolute atomic E-state index is 0.156. The first-order chi connectivity index (χ1) is 11.2. The largest absolute Gasteiger partial charge is 0.345 e. The maximum Gasteiger partial charge on any atom is 0.328 e. The molecule has 0 saturated carbocycles. The molecule has 0 spiro atoms. The summed E-state index contributed by atoms with van der Waals surface area (Å²) in [5.41, 5.74) is 5.12. The van der Waals surface area contributed by atoms with Crippen molar-refractivity contribution in [3.8, 4) is 0 Å². The number of hydrogen-bond acceptors (Lipinski definition) is 4. The summed E-state index contributed by atoms with van der Waals surface area (Å²) in [6, 6.07) is 4.66. The Morgan fingerprint density at radius 3 is 2.58 bits per heavy atom. The zero-order valence-corrected chi connectivity index (χ0v) is 14.5. The van der Waals surface area contributed by atoms with Gasteiger partial charge in [0.25, 0.3) is 11.5 Å². The van der Waals surface area contributed by atoms with Crippen molar-refractivity contribution in [1.29, 1.82) is 0 Å². The van der Waals surface area contributed by atoms with Crippen molar-refractivity contribution in [2.24, 2.45) is 11.7 Å². The Bertz CT molecular complexity index is 882. The SMILES string of the molecule is CCn1c(=O)[nH]c2cc(C(=O)NC(C)(CN)C(C)C)ccc2c1=O. The van der Waals surface area contributed by atoms with Gasteiger partial charge in [0.15, 0.2) is 0 Å². The van der Waals surface area contributed by atoms with Crippen LogP contribution in [0.3, 0.4) is 0 Å². The minimum Gasteiger partial charge on any atom is -0.345 e. The van der Waals surface area contributed by atoms with Gasteiger partial charge in [0.1, 0.15) is 0 Å². The second-order valence-electron chi connectivity index (χ2n) is 6.47. The van der Waals surface area contributed by atoms with Gasteiger partial charge in [-0.3, -0.25) is 14.2 Å². The molecule has 0 aliphatic heterocycles. The molecule has 2 aromatic rings. The van der Waals surface area contributed by atoms with Crippen LogP contribution in [0, 0.1) is 5.92 Å². The molecule has 130 valence electrons. The molecular weight excluding hydrogens is 308 g/mol. The first-order valence-corrected chi connectivity index (χ1v) is 8.03. The average molecular weight is 332 g/mol. The number of rotatable bonds is 5. The molecule has 1 heterocycles. The summed E-state index contributed by atoms with van der Waals surface area (Å²) in [6.07, 6.45) is 0. The molecule has 7 heteroatoms. The lowest BCUT2D eigenvalue weighted by molar-refractivity contribution is 0.0883. The topological polar surface area (TPSA) is 110 Å². The predicted molar refractivity (Wildman–Crippen MR) is 94.3 cm³/mol. The molecule has 1 atom stereocenters. The predicted octanol–water partition coefficient (Wildman–Crippen LogP) is 0.813. The van der Waals surface area contributed by atoms with Crippen LogP contribution in [-0.2, 0) is 6.54 Å². The molecule has 1 amide bonds. The maximum absolute atomic E-state index is 12.5. The Morgan fingerprint density at radius 2 is 2.04 bits per heavy atom. The smallest absolute Gasteiger partial charge is 0.328 e.